The lowest BCUT2D eigenvalue weighted by atomic mass is 9.90. The molecule has 1 atom stereocenters. The number of nitrogens with zero attached hydrogens (tertiary/aromatic N) is 3. The van der Waals surface area contributed by atoms with Crippen molar-refractivity contribution >= 4 is 11.7 Å². The Bertz CT molecular complexity index is 1080. The van der Waals surface area contributed by atoms with E-state index in [9.17, 15) is 4.79 Å². The average molecular weight is 459 g/mol. The Balaban J connectivity index is 1.56. The Hall–Kier alpha value is -3.41. The Kier molecular flexibility index (Phi) is 7.78. The van der Waals surface area contributed by atoms with Gasteiger partial charge in [0.25, 0.3) is 5.91 Å². The van der Waals surface area contributed by atoms with Gasteiger partial charge in [-0.15, -0.1) is 0 Å². The third-order valence-corrected chi connectivity index (χ3v) is 6.63. The van der Waals surface area contributed by atoms with E-state index in [4.69, 9.17) is 9.72 Å². The molecule has 1 saturated heterocycles. The van der Waals surface area contributed by atoms with Gasteiger partial charge in [0, 0.05) is 30.9 Å². The second kappa shape index (κ2) is 11.1. The zero-order valence-corrected chi connectivity index (χ0v) is 20.3. The topological polar surface area (TPSA) is 67.3 Å². The molecule has 1 aromatic heterocycles. The van der Waals surface area contributed by atoms with Crippen molar-refractivity contribution in [1.82, 2.24) is 15.3 Å². The van der Waals surface area contributed by atoms with Crippen LogP contribution >= 0.6 is 0 Å². The zero-order chi connectivity index (χ0) is 23.9. The van der Waals surface area contributed by atoms with Crippen LogP contribution in [0.25, 0.3) is 11.4 Å². The van der Waals surface area contributed by atoms with Crippen LogP contribution < -0.4 is 15.0 Å². The summed E-state index contributed by atoms with van der Waals surface area (Å²) in [6, 6.07) is 18.5. The first-order valence-corrected chi connectivity index (χ1v) is 12.2. The van der Waals surface area contributed by atoms with E-state index in [1.165, 1.54) is 5.56 Å². The third kappa shape index (κ3) is 5.74. The fraction of sp³-hybridized carbons (Fsp3) is 0.393. The minimum Gasteiger partial charge on any atom is -0.497 e. The number of benzene rings is 2. The number of carbonyl (C=O) groups is 1. The lowest BCUT2D eigenvalue weighted by molar-refractivity contribution is 0.0939. The van der Waals surface area contributed by atoms with E-state index in [-0.39, 0.29) is 11.9 Å². The molecule has 0 radical (unpaired) electrons. The highest BCUT2D eigenvalue weighted by Gasteiger charge is 2.26. The van der Waals surface area contributed by atoms with E-state index in [1.807, 2.05) is 31.2 Å². The molecule has 1 amide bonds. The van der Waals surface area contributed by atoms with Gasteiger partial charge in [0.2, 0.25) is 0 Å². The Labute approximate surface area is 202 Å². The number of aromatic nitrogens is 2. The van der Waals surface area contributed by atoms with Gasteiger partial charge in [0.15, 0.2) is 5.82 Å². The number of rotatable bonds is 8. The van der Waals surface area contributed by atoms with Crippen LogP contribution in [0.1, 0.15) is 49.0 Å². The molecular weight excluding hydrogens is 424 g/mol. The monoisotopic (exact) mass is 458 g/mol. The number of carbonyl (C=O) groups excluding carboxylic acids is 1. The summed E-state index contributed by atoms with van der Waals surface area (Å²) >= 11 is 0. The normalized spacial score (nSPS) is 15.1. The van der Waals surface area contributed by atoms with Crippen LogP contribution in [-0.2, 0) is 6.42 Å². The number of hydrogen-bond acceptors (Lipinski definition) is 5. The van der Waals surface area contributed by atoms with E-state index in [2.05, 4.69) is 52.5 Å². The van der Waals surface area contributed by atoms with Gasteiger partial charge in [0.05, 0.1) is 7.11 Å². The number of hydrogen-bond donors (Lipinski definition) is 1. The molecule has 178 valence electrons. The van der Waals surface area contributed by atoms with Crippen molar-refractivity contribution in [2.24, 2.45) is 5.92 Å². The second-order valence-corrected chi connectivity index (χ2v) is 9.06. The minimum absolute atomic E-state index is 0.0956. The van der Waals surface area contributed by atoms with Crippen LogP contribution in [0.3, 0.4) is 0 Å². The average Bonchev–Trinajstić information content (AvgIpc) is 2.89. The van der Waals surface area contributed by atoms with Crippen molar-refractivity contribution < 1.29 is 9.53 Å². The maximum absolute atomic E-state index is 13.1. The summed E-state index contributed by atoms with van der Waals surface area (Å²) in [6.45, 7) is 5.83. The molecule has 0 bridgehead atoms. The summed E-state index contributed by atoms with van der Waals surface area (Å²) in [5.74, 6) is 2.65. The lowest BCUT2D eigenvalue weighted by Gasteiger charge is -2.34. The molecule has 1 N–H and O–H groups in total. The molecule has 6 heteroatoms. The molecule has 1 unspecified atom stereocenters. The molecule has 0 aliphatic carbocycles. The molecule has 3 aromatic rings. The van der Waals surface area contributed by atoms with Gasteiger partial charge in [-0.25, -0.2) is 9.97 Å². The SMILES string of the molecule is CCC(C)NC(=O)c1cnc(-c2ccc(OC)cc2)nc1N1CCC(Cc2ccccc2)CC1. The third-order valence-electron chi connectivity index (χ3n) is 6.63. The molecule has 2 aromatic carbocycles. The minimum atomic E-state index is -0.114. The first-order valence-electron chi connectivity index (χ1n) is 12.2. The van der Waals surface area contributed by atoms with Gasteiger partial charge in [-0.1, -0.05) is 37.3 Å². The van der Waals surface area contributed by atoms with Crippen molar-refractivity contribution in [1.29, 1.82) is 0 Å². The fourth-order valence-electron chi connectivity index (χ4n) is 4.35. The van der Waals surface area contributed by atoms with Crippen LogP contribution in [-0.4, -0.2) is 42.1 Å². The Morgan fingerprint density at radius 1 is 1.12 bits per heavy atom. The van der Waals surface area contributed by atoms with Crippen molar-refractivity contribution in [2.75, 3.05) is 25.1 Å². The van der Waals surface area contributed by atoms with Gasteiger partial charge in [-0.05, 0) is 68.4 Å². The first kappa shape index (κ1) is 23.7. The molecule has 6 nitrogen and oxygen atoms in total. The van der Waals surface area contributed by atoms with Crippen molar-refractivity contribution in [2.45, 2.75) is 45.6 Å². The van der Waals surface area contributed by atoms with E-state index in [1.54, 1.807) is 13.3 Å². The molecule has 1 fully saturated rings. The van der Waals surface area contributed by atoms with Crippen molar-refractivity contribution in [3.63, 3.8) is 0 Å². The lowest BCUT2D eigenvalue weighted by Crippen LogP contribution is -2.38. The number of methoxy groups -OCH3 is 1. The molecule has 2 heterocycles. The van der Waals surface area contributed by atoms with Crippen LogP contribution in [0.2, 0.25) is 0 Å². The van der Waals surface area contributed by atoms with Crippen LogP contribution in [0.4, 0.5) is 5.82 Å². The molecule has 0 spiro atoms. The highest BCUT2D eigenvalue weighted by molar-refractivity contribution is 5.99. The van der Waals surface area contributed by atoms with Gasteiger partial charge in [0.1, 0.15) is 17.1 Å². The van der Waals surface area contributed by atoms with E-state index < -0.39 is 0 Å². The summed E-state index contributed by atoms with van der Waals surface area (Å²) in [5.41, 5.74) is 2.83. The van der Waals surface area contributed by atoms with Crippen molar-refractivity contribution in [3.05, 3.63) is 71.9 Å². The van der Waals surface area contributed by atoms with E-state index in [0.29, 0.717) is 17.3 Å². The molecule has 0 saturated carbocycles. The van der Waals surface area contributed by atoms with E-state index >= 15 is 0 Å². The standard InChI is InChI=1S/C28H34N4O2/c1-4-20(2)30-28(33)25-19-29-26(23-10-12-24(34-3)13-11-23)31-27(25)32-16-14-22(15-17-32)18-21-8-6-5-7-9-21/h5-13,19-20,22H,4,14-18H2,1-3H3,(H,30,33). The number of ether oxygens (including phenoxy) is 1. The summed E-state index contributed by atoms with van der Waals surface area (Å²) < 4.78 is 5.27. The maximum Gasteiger partial charge on any atom is 0.256 e. The molecular formula is C28H34N4O2. The van der Waals surface area contributed by atoms with Crippen LogP contribution in [0.5, 0.6) is 5.75 Å². The number of piperidine rings is 1. The quantitative estimate of drug-likeness (QED) is 0.506. The van der Waals surface area contributed by atoms with Crippen LogP contribution in [0.15, 0.2) is 60.8 Å². The number of nitrogens with one attached hydrogen (secondary N) is 1. The summed E-state index contributed by atoms with van der Waals surface area (Å²) in [6.07, 6.45) is 5.79. The van der Waals surface area contributed by atoms with E-state index in [0.717, 1.165) is 55.9 Å². The Morgan fingerprint density at radius 3 is 2.47 bits per heavy atom. The summed E-state index contributed by atoms with van der Waals surface area (Å²) in [7, 11) is 1.65. The second-order valence-electron chi connectivity index (χ2n) is 9.06. The molecule has 1 aliphatic heterocycles. The van der Waals surface area contributed by atoms with Gasteiger partial charge < -0.3 is 15.0 Å². The molecule has 34 heavy (non-hydrogen) atoms. The predicted molar refractivity (Wildman–Crippen MR) is 136 cm³/mol. The summed E-state index contributed by atoms with van der Waals surface area (Å²) in [5, 5.41) is 3.08. The predicted octanol–water partition coefficient (Wildman–Crippen LogP) is 5.14. The first-order chi connectivity index (χ1) is 16.6. The summed E-state index contributed by atoms with van der Waals surface area (Å²) in [4.78, 5) is 24.8. The highest BCUT2D eigenvalue weighted by Crippen LogP contribution is 2.29. The zero-order valence-electron chi connectivity index (χ0n) is 20.3. The number of amides is 1. The molecule has 4 rings (SSSR count). The maximum atomic E-state index is 13.1. The van der Waals surface area contributed by atoms with Gasteiger partial charge >= 0.3 is 0 Å². The van der Waals surface area contributed by atoms with Gasteiger partial charge in [-0.2, -0.15) is 0 Å². The fourth-order valence-corrected chi connectivity index (χ4v) is 4.35. The van der Waals surface area contributed by atoms with Crippen LogP contribution in [0, 0.1) is 5.92 Å². The largest absolute Gasteiger partial charge is 0.497 e. The van der Waals surface area contributed by atoms with Crippen molar-refractivity contribution in [3.8, 4) is 17.1 Å². The highest BCUT2D eigenvalue weighted by atomic mass is 16.5. The van der Waals surface area contributed by atoms with Gasteiger partial charge in [-0.3, -0.25) is 4.79 Å². The smallest absolute Gasteiger partial charge is 0.256 e. The Morgan fingerprint density at radius 2 is 1.82 bits per heavy atom. The molecule has 1 aliphatic rings. The number of anilines is 1.